The molecule has 0 aliphatic heterocycles. The number of aromatic nitrogens is 1. The van der Waals surface area contributed by atoms with Crippen LogP contribution in [0.3, 0.4) is 0 Å². The molecule has 0 saturated carbocycles. The molecule has 2 aromatic rings. The van der Waals surface area contributed by atoms with E-state index in [9.17, 15) is 4.79 Å². The second-order valence-electron chi connectivity index (χ2n) is 3.77. The van der Waals surface area contributed by atoms with Crippen LogP contribution in [-0.4, -0.2) is 17.5 Å². The van der Waals surface area contributed by atoms with Crippen LogP contribution in [0.4, 0.5) is 0 Å². The molecule has 4 nitrogen and oxygen atoms in total. The molecule has 18 heavy (non-hydrogen) atoms. The van der Waals surface area contributed by atoms with Crippen LogP contribution in [0, 0.1) is 6.92 Å². The molecule has 2 rings (SSSR count). The van der Waals surface area contributed by atoms with Gasteiger partial charge in [-0.25, -0.2) is 4.98 Å². The van der Waals surface area contributed by atoms with Gasteiger partial charge in [-0.3, -0.25) is 4.79 Å². The van der Waals surface area contributed by atoms with E-state index in [2.05, 4.69) is 4.98 Å². The maximum absolute atomic E-state index is 10.8. The van der Waals surface area contributed by atoms with E-state index in [1.165, 1.54) is 0 Å². The molecule has 1 aromatic heterocycles. The summed E-state index contributed by atoms with van der Waals surface area (Å²) >= 11 is 12.1. The van der Waals surface area contributed by atoms with Crippen molar-refractivity contribution in [1.29, 1.82) is 0 Å². The van der Waals surface area contributed by atoms with Crippen LogP contribution in [0.1, 0.15) is 5.69 Å². The lowest BCUT2D eigenvalue weighted by molar-refractivity contribution is -0.119. The van der Waals surface area contributed by atoms with Crippen molar-refractivity contribution in [3.63, 3.8) is 0 Å². The Kier molecular flexibility index (Phi) is 3.59. The zero-order valence-electron chi connectivity index (χ0n) is 9.54. The Morgan fingerprint density at radius 1 is 1.39 bits per heavy atom. The van der Waals surface area contributed by atoms with Crippen molar-refractivity contribution in [2.24, 2.45) is 5.73 Å². The summed E-state index contributed by atoms with van der Waals surface area (Å²) in [5.74, 6) is -0.264. The Hall–Kier alpha value is -1.52. The Morgan fingerprint density at radius 2 is 2.11 bits per heavy atom. The third kappa shape index (κ3) is 2.49. The second-order valence-corrected chi connectivity index (χ2v) is 4.59. The minimum Gasteiger partial charge on any atom is -0.480 e. The standard InChI is InChI=1S/C12H10Cl2N2O2/c1-6-2-3-7-8(13)4-9(14)12(11(7)16-6)18-5-10(15)17/h2-4H,5H2,1H3,(H2,15,17). The van der Waals surface area contributed by atoms with Crippen LogP contribution in [0.25, 0.3) is 10.9 Å². The average Bonchev–Trinajstić information content (AvgIpc) is 2.27. The number of halogens is 2. The molecule has 1 amide bonds. The van der Waals surface area contributed by atoms with Crippen molar-refractivity contribution in [3.8, 4) is 5.75 Å². The van der Waals surface area contributed by atoms with Crippen molar-refractivity contribution in [2.75, 3.05) is 6.61 Å². The van der Waals surface area contributed by atoms with E-state index in [1.54, 1.807) is 6.07 Å². The summed E-state index contributed by atoms with van der Waals surface area (Å²) < 4.78 is 5.29. The summed E-state index contributed by atoms with van der Waals surface area (Å²) in [5, 5.41) is 1.49. The molecule has 0 aliphatic rings. The Balaban J connectivity index is 2.62. The maximum atomic E-state index is 10.8. The number of rotatable bonds is 3. The molecule has 1 aromatic carbocycles. The molecule has 0 bridgehead atoms. The fourth-order valence-corrected chi connectivity index (χ4v) is 2.14. The van der Waals surface area contributed by atoms with Crippen molar-refractivity contribution in [3.05, 3.63) is 33.9 Å². The van der Waals surface area contributed by atoms with E-state index in [4.69, 9.17) is 33.7 Å². The van der Waals surface area contributed by atoms with Gasteiger partial charge in [0.15, 0.2) is 12.4 Å². The number of nitrogens with zero attached hydrogens (tertiary/aromatic N) is 1. The van der Waals surface area contributed by atoms with Gasteiger partial charge in [-0.2, -0.15) is 0 Å². The number of fused-ring (bicyclic) bond motifs is 1. The lowest BCUT2D eigenvalue weighted by atomic mass is 10.2. The van der Waals surface area contributed by atoms with Crippen LogP contribution >= 0.6 is 23.2 Å². The molecular formula is C12H10Cl2N2O2. The predicted octanol–water partition coefficient (Wildman–Crippen LogP) is 2.71. The van der Waals surface area contributed by atoms with Crippen molar-refractivity contribution in [2.45, 2.75) is 6.92 Å². The first-order valence-corrected chi connectivity index (χ1v) is 5.91. The van der Waals surface area contributed by atoms with E-state index in [-0.39, 0.29) is 6.61 Å². The summed E-state index contributed by atoms with van der Waals surface area (Å²) in [5.41, 5.74) is 6.36. The number of amides is 1. The molecule has 2 N–H and O–H groups in total. The zero-order valence-corrected chi connectivity index (χ0v) is 11.0. The average molecular weight is 285 g/mol. The van der Waals surface area contributed by atoms with Gasteiger partial charge < -0.3 is 10.5 Å². The number of primary amides is 1. The van der Waals surface area contributed by atoms with Crippen LogP contribution in [0.15, 0.2) is 18.2 Å². The number of nitrogens with two attached hydrogens (primary N) is 1. The molecule has 6 heteroatoms. The molecule has 0 radical (unpaired) electrons. The third-order valence-electron chi connectivity index (χ3n) is 2.34. The van der Waals surface area contributed by atoms with Crippen molar-refractivity contribution < 1.29 is 9.53 Å². The quantitative estimate of drug-likeness (QED) is 0.942. The molecule has 0 spiro atoms. The van der Waals surface area contributed by atoms with Crippen molar-refractivity contribution >= 4 is 40.0 Å². The number of ether oxygens (including phenoxy) is 1. The number of benzene rings is 1. The van der Waals surface area contributed by atoms with E-state index in [0.717, 1.165) is 5.69 Å². The number of carbonyl (C=O) groups excluding carboxylic acids is 1. The van der Waals surface area contributed by atoms with E-state index >= 15 is 0 Å². The third-order valence-corrected chi connectivity index (χ3v) is 2.93. The number of aryl methyl sites for hydroxylation is 1. The maximum Gasteiger partial charge on any atom is 0.255 e. The Morgan fingerprint density at radius 3 is 2.78 bits per heavy atom. The normalized spacial score (nSPS) is 10.6. The summed E-state index contributed by atoms with van der Waals surface area (Å²) in [6.45, 7) is 1.58. The molecule has 0 fully saturated rings. The number of hydrogen-bond donors (Lipinski definition) is 1. The number of hydrogen-bond acceptors (Lipinski definition) is 3. The summed E-state index contributed by atoms with van der Waals surface area (Å²) in [7, 11) is 0. The number of pyridine rings is 1. The van der Waals surface area contributed by atoms with E-state index in [1.807, 2.05) is 19.1 Å². The second kappa shape index (κ2) is 5.00. The molecule has 94 valence electrons. The highest BCUT2D eigenvalue weighted by Gasteiger charge is 2.13. The van der Waals surface area contributed by atoms with Gasteiger partial charge in [0.05, 0.1) is 10.0 Å². The minimum absolute atomic E-state index is 0.258. The molecule has 1 heterocycles. The van der Waals surface area contributed by atoms with Gasteiger partial charge in [0.2, 0.25) is 0 Å². The van der Waals surface area contributed by atoms with Crippen molar-refractivity contribution in [1.82, 2.24) is 4.98 Å². The highest BCUT2D eigenvalue weighted by atomic mass is 35.5. The number of carbonyl (C=O) groups is 1. The smallest absolute Gasteiger partial charge is 0.255 e. The fourth-order valence-electron chi connectivity index (χ4n) is 1.57. The highest BCUT2D eigenvalue weighted by molar-refractivity contribution is 6.39. The first-order valence-electron chi connectivity index (χ1n) is 5.15. The van der Waals surface area contributed by atoms with Crippen LogP contribution in [0.2, 0.25) is 10.0 Å². The van der Waals surface area contributed by atoms with Gasteiger partial charge in [0.1, 0.15) is 5.52 Å². The lowest BCUT2D eigenvalue weighted by Gasteiger charge is -2.11. The van der Waals surface area contributed by atoms with Crippen LogP contribution < -0.4 is 10.5 Å². The van der Waals surface area contributed by atoms with Crippen LogP contribution in [-0.2, 0) is 4.79 Å². The molecule has 0 atom stereocenters. The molecule has 0 saturated heterocycles. The molecule has 0 unspecified atom stereocenters. The topological polar surface area (TPSA) is 65.2 Å². The molecule has 0 aliphatic carbocycles. The first kappa shape index (κ1) is 12.9. The fraction of sp³-hybridized carbons (Fsp3) is 0.167. The minimum atomic E-state index is -0.582. The van der Waals surface area contributed by atoms with E-state index in [0.29, 0.717) is 26.7 Å². The summed E-state index contributed by atoms with van der Waals surface area (Å²) in [4.78, 5) is 15.1. The van der Waals surface area contributed by atoms with Gasteiger partial charge in [0, 0.05) is 11.1 Å². The first-order chi connectivity index (χ1) is 8.49. The van der Waals surface area contributed by atoms with Gasteiger partial charge >= 0.3 is 0 Å². The Labute approximate surface area is 114 Å². The van der Waals surface area contributed by atoms with Gasteiger partial charge in [-0.05, 0) is 25.1 Å². The molecular weight excluding hydrogens is 275 g/mol. The monoisotopic (exact) mass is 284 g/mol. The summed E-state index contributed by atoms with van der Waals surface area (Å²) in [6, 6.07) is 5.21. The van der Waals surface area contributed by atoms with Gasteiger partial charge in [0.25, 0.3) is 5.91 Å². The highest BCUT2D eigenvalue weighted by Crippen LogP contribution is 2.37. The predicted molar refractivity (Wildman–Crippen MR) is 71.2 cm³/mol. The Bertz CT molecular complexity index is 629. The van der Waals surface area contributed by atoms with Gasteiger partial charge in [-0.1, -0.05) is 23.2 Å². The van der Waals surface area contributed by atoms with Crippen LogP contribution in [0.5, 0.6) is 5.75 Å². The SMILES string of the molecule is Cc1ccc2c(Cl)cc(Cl)c(OCC(N)=O)c2n1. The van der Waals surface area contributed by atoms with E-state index < -0.39 is 5.91 Å². The summed E-state index contributed by atoms with van der Waals surface area (Å²) in [6.07, 6.45) is 0. The lowest BCUT2D eigenvalue weighted by Crippen LogP contribution is -2.20. The largest absolute Gasteiger partial charge is 0.480 e. The van der Waals surface area contributed by atoms with Gasteiger partial charge in [-0.15, -0.1) is 0 Å². The zero-order chi connectivity index (χ0) is 13.3.